The van der Waals surface area contributed by atoms with Crippen LogP contribution < -0.4 is 15.4 Å². The number of aromatic nitrogens is 3. The number of ketones is 1. The van der Waals surface area contributed by atoms with E-state index in [2.05, 4.69) is 20.6 Å². The van der Waals surface area contributed by atoms with Gasteiger partial charge in [-0.3, -0.25) is 4.79 Å². The van der Waals surface area contributed by atoms with Gasteiger partial charge in [-0.05, 0) is 73.9 Å². The van der Waals surface area contributed by atoms with Crippen LogP contribution in [0, 0.1) is 12.3 Å². The quantitative estimate of drug-likeness (QED) is 0.257. The van der Waals surface area contributed by atoms with E-state index in [4.69, 9.17) is 9.72 Å². The van der Waals surface area contributed by atoms with Gasteiger partial charge in [0.05, 0.1) is 11.3 Å². The number of rotatable bonds is 8. The number of piperidine rings is 1. The summed E-state index contributed by atoms with van der Waals surface area (Å²) in [6.45, 7) is 3.75. The van der Waals surface area contributed by atoms with Crippen LogP contribution in [-0.2, 0) is 11.2 Å². The maximum atomic E-state index is 13.6. The summed E-state index contributed by atoms with van der Waals surface area (Å²) < 4.78 is 47.2. The molecule has 1 aliphatic carbocycles. The lowest BCUT2D eigenvalue weighted by molar-refractivity contribution is -0.190. The number of anilines is 1. The molecule has 0 spiro atoms. The molecule has 212 valence electrons. The second-order valence-electron chi connectivity index (χ2n) is 10.8. The third kappa shape index (κ3) is 5.36. The van der Waals surface area contributed by atoms with Gasteiger partial charge < -0.3 is 15.4 Å². The van der Waals surface area contributed by atoms with Crippen LogP contribution in [0.15, 0.2) is 60.9 Å². The number of carbonyl (C=O) groups excluding carboxylic acids is 1. The van der Waals surface area contributed by atoms with Crippen LogP contribution in [0.5, 0.6) is 11.6 Å². The zero-order valence-electron chi connectivity index (χ0n) is 22.6. The maximum Gasteiger partial charge on any atom is 0.401 e. The third-order valence-corrected chi connectivity index (χ3v) is 8.01. The Morgan fingerprint density at radius 3 is 2.68 bits per heavy atom. The number of aryl methyl sites for hydroxylation is 1. The molecule has 1 saturated carbocycles. The van der Waals surface area contributed by atoms with Gasteiger partial charge in [-0.1, -0.05) is 30.3 Å². The number of hydrogen-bond donors (Lipinski definition) is 2. The molecule has 0 bridgehead atoms. The van der Waals surface area contributed by atoms with Gasteiger partial charge in [0.15, 0.2) is 5.78 Å². The molecule has 1 atom stereocenters. The number of ether oxygens (including phenoxy) is 1. The summed E-state index contributed by atoms with van der Waals surface area (Å²) in [5.74, 6) is 0.593. The number of pyridine rings is 1. The molecular weight excluding hydrogens is 531 g/mol. The van der Waals surface area contributed by atoms with Gasteiger partial charge in [0.1, 0.15) is 11.2 Å². The molecule has 2 aromatic heterocycles. The SMILES string of the molecule is Cc1ccc2c(CC(=O)C3(C(F)(F)F)CC3)cccc2c1Oc1ncccc1-c1ccnc(N[C@H]2CCCNC2)n1. The van der Waals surface area contributed by atoms with E-state index >= 15 is 0 Å². The molecule has 3 heterocycles. The van der Waals surface area contributed by atoms with E-state index in [0.717, 1.165) is 31.5 Å². The molecule has 4 aromatic rings. The summed E-state index contributed by atoms with van der Waals surface area (Å²) in [6.07, 6.45) is 0.331. The van der Waals surface area contributed by atoms with Crippen molar-refractivity contribution in [2.24, 2.45) is 5.41 Å². The fraction of sp³-hybridized carbons (Fsp3) is 0.355. The predicted molar refractivity (Wildman–Crippen MR) is 150 cm³/mol. The summed E-state index contributed by atoms with van der Waals surface area (Å²) in [4.78, 5) is 26.4. The van der Waals surface area contributed by atoms with Crippen molar-refractivity contribution in [3.05, 3.63) is 72.1 Å². The highest BCUT2D eigenvalue weighted by atomic mass is 19.4. The minimum absolute atomic E-state index is 0.145. The molecule has 2 N–H and O–H groups in total. The lowest BCUT2D eigenvalue weighted by atomic mass is 9.91. The van der Waals surface area contributed by atoms with E-state index in [1.807, 2.05) is 31.2 Å². The molecule has 1 aliphatic heterocycles. The molecule has 2 aliphatic rings. The van der Waals surface area contributed by atoms with Crippen LogP contribution in [0.2, 0.25) is 0 Å². The van der Waals surface area contributed by atoms with Crippen molar-refractivity contribution < 1.29 is 22.7 Å². The summed E-state index contributed by atoms with van der Waals surface area (Å²) in [6, 6.07) is 14.7. The molecule has 6 rings (SSSR count). The van der Waals surface area contributed by atoms with E-state index in [-0.39, 0.29) is 25.3 Å². The zero-order valence-corrected chi connectivity index (χ0v) is 22.6. The first kappa shape index (κ1) is 27.1. The molecule has 2 aromatic carbocycles. The summed E-state index contributed by atoms with van der Waals surface area (Å²) in [7, 11) is 0. The van der Waals surface area contributed by atoms with Crippen LogP contribution in [0.4, 0.5) is 19.1 Å². The van der Waals surface area contributed by atoms with E-state index in [1.165, 1.54) is 0 Å². The average Bonchev–Trinajstić information content (AvgIpc) is 3.79. The Hall–Kier alpha value is -4.05. The highest BCUT2D eigenvalue weighted by Gasteiger charge is 2.67. The number of carbonyl (C=O) groups is 1. The average molecular weight is 562 g/mol. The second kappa shape index (κ2) is 10.7. The topological polar surface area (TPSA) is 89.0 Å². The summed E-state index contributed by atoms with van der Waals surface area (Å²) >= 11 is 0. The summed E-state index contributed by atoms with van der Waals surface area (Å²) in [5, 5.41) is 8.13. The largest absolute Gasteiger partial charge is 0.437 e. The number of halogens is 3. The number of nitrogens with one attached hydrogen (secondary N) is 2. The minimum atomic E-state index is -4.53. The van der Waals surface area contributed by atoms with Gasteiger partial charge in [-0.2, -0.15) is 13.2 Å². The van der Waals surface area contributed by atoms with Gasteiger partial charge in [-0.25, -0.2) is 15.0 Å². The van der Waals surface area contributed by atoms with Gasteiger partial charge >= 0.3 is 6.18 Å². The van der Waals surface area contributed by atoms with Gasteiger partial charge in [-0.15, -0.1) is 0 Å². The third-order valence-electron chi connectivity index (χ3n) is 8.01. The van der Waals surface area contributed by atoms with Crippen LogP contribution >= 0.6 is 0 Å². The first-order valence-electron chi connectivity index (χ1n) is 13.8. The maximum absolute atomic E-state index is 13.6. The predicted octanol–water partition coefficient (Wildman–Crippen LogP) is 6.41. The number of fused-ring (bicyclic) bond motifs is 1. The van der Waals surface area contributed by atoms with Crippen LogP contribution in [0.3, 0.4) is 0 Å². The fourth-order valence-corrected chi connectivity index (χ4v) is 5.48. The van der Waals surface area contributed by atoms with Crippen LogP contribution in [0.1, 0.15) is 36.8 Å². The number of nitrogens with zero attached hydrogens (tertiary/aromatic N) is 3. The van der Waals surface area contributed by atoms with Crippen molar-refractivity contribution in [3.63, 3.8) is 0 Å². The Morgan fingerprint density at radius 2 is 1.93 bits per heavy atom. The Kier molecular flexibility index (Phi) is 7.11. The van der Waals surface area contributed by atoms with Gasteiger partial charge in [0.2, 0.25) is 11.8 Å². The van der Waals surface area contributed by atoms with E-state index in [0.29, 0.717) is 45.2 Å². The van der Waals surface area contributed by atoms with Crippen molar-refractivity contribution in [2.45, 2.75) is 51.2 Å². The fourth-order valence-electron chi connectivity index (χ4n) is 5.48. The minimum Gasteiger partial charge on any atom is -0.437 e. The van der Waals surface area contributed by atoms with E-state index in [9.17, 15) is 18.0 Å². The van der Waals surface area contributed by atoms with Gasteiger partial charge in [0.25, 0.3) is 0 Å². The number of Topliss-reactive ketones (excluding diaryl/α,β-unsaturated/α-hetero) is 1. The van der Waals surface area contributed by atoms with E-state index < -0.39 is 17.4 Å². The van der Waals surface area contributed by atoms with Crippen molar-refractivity contribution in [1.29, 1.82) is 0 Å². The molecule has 7 nitrogen and oxygen atoms in total. The molecule has 0 amide bonds. The Balaban J connectivity index is 1.31. The molecule has 41 heavy (non-hydrogen) atoms. The monoisotopic (exact) mass is 561 g/mol. The van der Waals surface area contributed by atoms with Crippen molar-refractivity contribution in [3.8, 4) is 22.9 Å². The standard InChI is InChI=1S/C31H30F3N5O2/c1-19-9-10-22-20(17-26(40)30(12-13-30)31(32,33)34)5-2-7-23(22)27(19)41-28-24(8-4-15-36-28)25-11-16-37-29(39-25)38-21-6-3-14-35-18-21/h2,4-5,7-11,15-16,21,35H,3,6,12-14,17-18H2,1H3,(H,37,38,39)/t21-/m0/s1. The first-order valence-corrected chi connectivity index (χ1v) is 13.8. The Bertz CT molecular complexity index is 1600. The van der Waals surface area contributed by atoms with Crippen LogP contribution in [-0.4, -0.2) is 46.0 Å². The lowest BCUT2D eigenvalue weighted by Crippen LogP contribution is -2.38. The van der Waals surface area contributed by atoms with Crippen molar-refractivity contribution in [2.75, 3.05) is 18.4 Å². The van der Waals surface area contributed by atoms with E-state index in [1.54, 1.807) is 36.7 Å². The Labute approximate surface area is 235 Å². The highest BCUT2D eigenvalue weighted by molar-refractivity contribution is 5.97. The van der Waals surface area contributed by atoms with Gasteiger partial charge in [0, 0.05) is 36.8 Å². The highest BCUT2D eigenvalue weighted by Crippen LogP contribution is 2.58. The van der Waals surface area contributed by atoms with Crippen molar-refractivity contribution in [1.82, 2.24) is 20.3 Å². The smallest absolute Gasteiger partial charge is 0.401 e. The summed E-state index contributed by atoms with van der Waals surface area (Å²) in [5.41, 5.74) is 0.462. The molecular formula is C31H30F3N5O2. The number of benzene rings is 2. The lowest BCUT2D eigenvalue weighted by Gasteiger charge is -2.23. The molecule has 0 radical (unpaired) electrons. The molecule has 10 heteroatoms. The molecule has 2 fully saturated rings. The van der Waals surface area contributed by atoms with Crippen LogP contribution in [0.25, 0.3) is 22.0 Å². The van der Waals surface area contributed by atoms with Crippen molar-refractivity contribution >= 4 is 22.5 Å². The normalized spacial score (nSPS) is 18.2. The second-order valence-corrected chi connectivity index (χ2v) is 10.8. The number of hydrogen-bond acceptors (Lipinski definition) is 7. The molecule has 1 saturated heterocycles. The Morgan fingerprint density at radius 1 is 1.07 bits per heavy atom. The molecule has 0 unspecified atom stereocenters. The zero-order chi connectivity index (χ0) is 28.6. The number of alkyl halides is 3. The first-order chi connectivity index (χ1) is 19.7.